The standard InChI is InChI=1S/C15H14BrNO3/c1-2-10-7-14(18)17(9-10)13(15(19)20)8-11-5-3-4-6-12(11)16/h1,3-6,10,13H,7-9H2,(H,19,20)/t10?,13-/m0/s1. The molecule has 1 aromatic carbocycles. The highest BCUT2D eigenvalue weighted by Crippen LogP contribution is 2.24. The van der Waals surface area contributed by atoms with Crippen molar-refractivity contribution in [2.24, 2.45) is 5.92 Å². The second-order valence-electron chi connectivity index (χ2n) is 4.76. The van der Waals surface area contributed by atoms with E-state index in [4.69, 9.17) is 6.42 Å². The van der Waals surface area contributed by atoms with Crippen LogP contribution < -0.4 is 0 Å². The van der Waals surface area contributed by atoms with Crippen molar-refractivity contribution in [1.29, 1.82) is 0 Å². The van der Waals surface area contributed by atoms with E-state index in [-0.39, 0.29) is 24.7 Å². The summed E-state index contributed by atoms with van der Waals surface area (Å²) in [5, 5.41) is 9.40. The lowest BCUT2D eigenvalue weighted by molar-refractivity contribution is -0.148. The second kappa shape index (κ2) is 6.10. The molecule has 1 aliphatic heterocycles. The van der Waals surface area contributed by atoms with Crippen LogP contribution in [-0.4, -0.2) is 34.5 Å². The molecule has 1 aliphatic rings. The Labute approximate surface area is 125 Å². The van der Waals surface area contributed by atoms with E-state index in [9.17, 15) is 14.7 Å². The molecule has 0 aromatic heterocycles. The van der Waals surface area contributed by atoms with Gasteiger partial charge < -0.3 is 10.0 Å². The third-order valence-electron chi connectivity index (χ3n) is 3.43. The first-order chi connectivity index (χ1) is 9.52. The van der Waals surface area contributed by atoms with Gasteiger partial charge in [0.2, 0.25) is 5.91 Å². The summed E-state index contributed by atoms with van der Waals surface area (Å²) in [4.78, 5) is 24.8. The molecule has 0 saturated carbocycles. The van der Waals surface area contributed by atoms with Crippen molar-refractivity contribution in [2.75, 3.05) is 6.54 Å². The average Bonchev–Trinajstić information content (AvgIpc) is 2.78. The van der Waals surface area contributed by atoms with Crippen molar-refractivity contribution >= 4 is 27.8 Å². The summed E-state index contributed by atoms with van der Waals surface area (Å²) >= 11 is 3.39. The predicted molar refractivity (Wildman–Crippen MR) is 77.9 cm³/mol. The maximum Gasteiger partial charge on any atom is 0.326 e. The number of carbonyl (C=O) groups is 2. The Bertz CT molecular complexity index is 579. The number of hydrogen-bond donors (Lipinski definition) is 1. The number of hydrogen-bond acceptors (Lipinski definition) is 2. The highest BCUT2D eigenvalue weighted by molar-refractivity contribution is 9.10. The zero-order valence-electron chi connectivity index (χ0n) is 10.8. The molecule has 4 nitrogen and oxygen atoms in total. The van der Waals surface area contributed by atoms with E-state index in [1.807, 2.05) is 24.3 Å². The van der Waals surface area contributed by atoms with Gasteiger partial charge in [0.1, 0.15) is 6.04 Å². The number of halogens is 1. The smallest absolute Gasteiger partial charge is 0.326 e. The van der Waals surface area contributed by atoms with E-state index in [0.717, 1.165) is 10.0 Å². The van der Waals surface area contributed by atoms with Crippen LogP contribution in [0.15, 0.2) is 28.7 Å². The van der Waals surface area contributed by atoms with Gasteiger partial charge in [-0.15, -0.1) is 12.3 Å². The zero-order valence-corrected chi connectivity index (χ0v) is 12.3. The van der Waals surface area contributed by atoms with Crippen LogP contribution in [0.2, 0.25) is 0 Å². The van der Waals surface area contributed by atoms with Gasteiger partial charge in [-0.2, -0.15) is 0 Å². The van der Waals surface area contributed by atoms with Crippen LogP contribution in [0.4, 0.5) is 0 Å². The van der Waals surface area contributed by atoms with Crippen molar-refractivity contribution in [3.63, 3.8) is 0 Å². The maximum atomic E-state index is 11.9. The number of carboxylic acid groups (broad SMARTS) is 1. The third-order valence-corrected chi connectivity index (χ3v) is 4.20. The second-order valence-corrected chi connectivity index (χ2v) is 5.62. The van der Waals surface area contributed by atoms with Crippen molar-refractivity contribution in [3.05, 3.63) is 34.3 Å². The first-order valence-corrected chi connectivity index (χ1v) is 7.04. The number of aliphatic carboxylic acids is 1. The molecule has 2 atom stereocenters. The molecule has 1 amide bonds. The number of carbonyl (C=O) groups excluding carboxylic acids is 1. The fraction of sp³-hybridized carbons (Fsp3) is 0.333. The van der Waals surface area contributed by atoms with Gasteiger partial charge in [0.25, 0.3) is 0 Å². The van der Waals surface area contributed by atoms with Crippen LogP contribution in [0.5, 0.6) is 0 Å². The van der Waals surface area contributed by atoms with E-state index in [1.165, 1.54) is 4.90 Å². The minimum Gasteiger partial charge on any atom is -0.480 e. The van der Waals surface area contributed by atoms with Crippen LogP contribution in [0, 0.1) is 18.3 Å². The molecule has 0 bridgehead atoms. The quantitative estimate of drug-likeness (QED) is 0.855. The summed E-state index contributed by atoms with van der Waals surface area (Å²) in [6.45, 7) is 0.316. The van der Waals surface area contributed by atoms with E-state index in [0.29, 0.717) is 6.54 Å². The minimum atomic E-state index is -1.01. The molecule has 0 radical (unpaired) electrons. The lowest BCUT2D eigenvalue weighted by atomic mass is 10.0. The van der Waals surface area contributed by atoms with Crippen molar-refractivity contribution in [2.45, 2.75) is 18.9 Å². The number of likely N-dealkylation sites (tertiary alicyclic amines) is 1. The zero-order chi connectivity index (χ0) is 14.7. The fourth-order valence-electron chi connectivity index (χ4n) is 2.35. The van der Waals surface area contributed by atoms with Crippen LogP contribution >= 0.6 is 15.9 Å². The lowest BCUT2D eigenvalue weighted by Crippen LogP contribution is -2.43. The van der Waals surface area contributed by atoms with E-state index in [1.54, 1.807) is 0 Å². The van der Waals surface area contributed by atoms with Gasteiger partial charge in [-0.05, 0) is 11.6 Å². The number of carboxylic acids is 1. The summed E-state index contributed by atoms with van der Waals surface area (Å²) in [5.41, 5.74) is 0.858. The number of nitrogens with zero attached hydrogens (tertiary/aromatic N) is 1. The van der Waals surface area contributed by atoms with Crippen molar-refractivity contribution in [3.8, 4) is 12.3 Å². The summed E-state index contributed by atoms with van der Waals surface area (Å²) in [5.74, 6) is 1.14. The summed E-state index contributed by atoms with van der Waals surface area (Å²) in [7, 11) is 0. The van der Waals surface area contributed by atoms with Gasteiger partial charge in [0.05, 0.1) is 0 Å². The SMILES string of the molecule is C#CC1CC(=O)N([C@@H](Cc2ccccc2Br)C(=O)O)C1. The predicted octanol–water partition coefficient (Wildman–Crippen LogP) is 1.93. The normalized spacial score (nSPS) is 19.7. The molecule has 1 heterocycles. The fourth-order valence-corrected chi connectivity index (χ4v) is 2.79. The molecule has 1 N–H and O–H groups in total. The summed E-state index contributed by atoms with van der Waals surface area (Å²) in [6.07, 6.45) is 5.82. The first-order valence-electron chi connectivity index (χ1n) is 6.24. The van der Waals surface area contributed by atoms with E-state index >= 15 is 0 Å². The molecule has 20 heavy (non-hydrogen) atoms. The topological polar surface area (TPSA) is 57.6 Å². The number of amides is 1. The highest BCUT2D eigenvalue weighted by atomic mass is 79.9. The molecule has 0 spiro atoms. The van der Waals surface area contributed by atoms with E-state index in [2.05, 4.69) is 21.9 Å². The molecule has 1 unspecified atom stereocenters. The molecule has 1 fully saturated rings. The van der Waals surface area contributed by atoms with Crippen LogP contribution in [0.1, 0.15) is 12.0 Å². The maximum absolute atomic E-state index is 11.9. The van der Waals surface area contributed by atoms with Gasteiger partial charge in [0.15, 0.2) is 0 Å². The largest absolute Gasteiger partial charge is 0.480 e. The number of terminal acetylenes is 1. The monoisotopic (exact) mass is 335 g/mol. The lowest BCUT2D eigenvalue weighted by Gasteiger charge is -2.24. The molecule has 0 aliphatic carbocycles. The Kier molecular flexibility index (Phi) is 4.46. The number of rotatable bonds is 4. The molecule has 104 valence electrons. The van der Waals surface area contributed by atoms with Gasteiger partial charge in [-0.3, -0.25) is 4.79 Å². The van der Waals surface area contributed by atoms with Gasteiger partial charge in [-0.1, -0.05) is 34.1 Å². The molecule has 2 rings (SSSR count). The Morgan fingerprint density at radius 2 is 2.25 bits per heavy atom. The Hall–Kier alpha value is -1.80. The van der Waals surface area contributed by atoms with Gasteiger partial charge in [-0.25, -0.2) is 4.79 Å². The van der Waals surface area contributed by atoms with Crippen molar-refractivity contribution in [1.82, 2.24) is 4.90 Å². The van der Waals surface area contributed by atoms with Crippen LogP contribution in [0.25, 0.3) is 0 Å². The summed E-state index contributed by atoms with van der Waals surface area (Å²) < 4.78 is 0.839. The van der Waals surface area contributed by atoms with Gasteiger partial charge in [0, 0.05) is 29.8 Å². The third kappa shape index (κ3) is 3.02. The molecular weight excluding hydrogens is 322 g/mol. The molecular formula is C15H14BrNO3. The minimum absolute atomic E-state index is 0.188. The average molecular weight is 336 g/mol. The Balaban J connectivity index is 2.21. The van der Waals surface area contributed by atoms with Gasteiger partial charge >= 0.3 is 5.97 Å². The Morgan fingerprint density at radius 3 is 2.80 bits per heavy atom. The van der Waals surface area contributed by atoms with Crippen LogP contribution in [0.3, 0.4) is 0 Å². The molecule has 1 aromatic rings. The van der Waals surface area contributed by atoms with Crippen molar-refractivity contribution < 1.29 is 14.7 Å². The Morgan fingerprint density at radius 1 is 1.55 bits per heavy atom. The summed E-state index contributed by atoms with van der Waals surface area (Å²) in [6, 6.07) is 6.52. The first kappa shape index (κ1) is 14.6. The number of benzene rings is 1. The molecule has 1 saturated heterocycles. The molecule has 5 heteroatoms. The highest BCUT2D eigenvalue weighted by Gasteiger charge is 2.37. The van der Waals surface area contributed by atoms with Crippen LogP contribution in [-0.2, 0) is 16.0 Å². The van der Waals surface area contributed by atoms with E-state index < -0.39 is 12.0 Å².